The van der Waals surface area contributed by atoms with Gasteiger partial charge in [0.25, 0.3) is 0 Å². The Morgan fingerprint density at radius 1 is 1.03 bits per heavy atom. The molecule has 0 bridgehead atoms. The first kappa shape index (κ1) is 23.0. The molecule has 7 heteroatoms. The fourth-order valence-electron chi connectivity index (χ4n) is 3.63. The van der Waals surface area contributed by atoms with Crippen molar-refractivity contribution in [3.05, 3.63) is 29.8 Å². The average molecular weight is 427 g/mol. The van der Waals surface area contributed by atoms with Crippen molar-refractivity contribution in [1.82, 2.24) is 14.5 Å². The largest absolute Gasteiger partial charge is 0.462 e. The van der Waals surface area contributed by atoms with E-state index in [1.165, 1.54) is 12.8 Å². The lowest BCUT2D eigenvalue weighted by Crippen LogP contribution is -2.12. The minimum atomic E-state index is -0.431. The highest BCUT2D eigenvalue weighted by Gasteiger charge is 2.25. The number of rotatable bonds is 12. The van der Waals surface area contributed by atoms with E-state index in [0.717, 1.165) is 36.7 Å². The average Bonchev–Trinajstić information content (AvgIpc) is 3.02. The molecule has 0 atom stereocenters. The molecule has 0 spiro atoms. The van der Waals surface area contributed by atoms with E-state index in [1.807, 2.05) is 42.7 Å². The van der Waals surface area contributed by atoms with Gasteiger partial charge in [-0.1, -0.05) is 44.7 Å². The van der Waals surface area contributed by atoms with Crippen LogP contribution in [0.1, 0.15) is 69.7 Å². The second-order valence-corrected chi connectivity index (χ2v) is 8.12. The van der Waals surface area contributed by atoms with Crippen molar-refractivity contribution in [2.75, 3.05) is 18.9 Å². The quantitative estimate of drug-likeness (QED) is 0.320. The monoisotopic (exact) mass is 426 g/mol. The van der Waals surface area contributed by atoms with Crippen molar-refractivity contribution in [1.29, 1.82) is 0 Å². The number of nitrogens with two attached hydrogens (primary N) is 1. The molecule has 0 unspecified atom stereocenters. The Hall–Kier alpha value is -2.67. The summed E-state index contributed by atoms with van der Waals surface area (Å²) in [5.74, 6) is -0.0782. The smallest absolute Gasteiger partial charge is 0.344 e. The number of nitrogen functional groups attached to an aromatic ring is 1. The molecule has 2 heterocycles. The molecular formula is C24H34N4O3. The van der Waals surface area contributed by atoms with E-state index in [9.17, 15) is 4.79 Å². The molecule has 31 heavy (non-hydrogen) atoms. The summed E-state index contributed by atoms with van der Waals surface area (Å²) in [5.41, 5.74) is 9.34. The molecule has 0 saturated heterocycles. The topological polar surface area (TPSA) is 92.3 Å². The van der Waals surface area contributed by atoms with Crippen LogP contribution >= 0.6 is 0 Å². The number of nitrogens with zero attached hydrogens (tertiary/aromatic N) is 3. The van der Waals surface area contributed by atoms with E-state index in [2.05, 4.69) is 6.92 Å². The lowest BCUT2D eigenvalue weighted by molar-refractivity contribution is 0.0501. The predicted molar refractivity (Wildman–Crippen MR) is 124 cm³/mol. The summed E-state index contributed by atoms with van der Waals surface area (Å²) in [6.45, 7) is 7.78. The zero-order valence-corrected chi connectivity index (χ0v) is 18.9. The number of hydrogen-bond acceptors (Lipinski definition) is 6. The van der Waals surface area contributed by atoms with Crippen molar-refractivity contribution in [3.8, 4) is 0 Å². The second kappa shape index (κ2) is 11.1. The number of fused-ring (bicyclic) bond motifs is 2. The molecule has 7 nitrogen and oxygen atoms in total. The summed E-state index contributed by atoms with van der Waals surface area (Å²) in [5, 5.41) is 0. The highest BCUT2D eigenvalue weighted by atomic mass is 16.5. The summed E-state index contributed by atoms with van der Waals surface area (Å²) in [6, 6.07) is 7.62. The fraction of sp³-hybridized carbons (Fsp3) is 0.542. The van der Waals surface area contributed by atoms with E-state index in [4.69, 9.17) is 25.2 Å². The molecule has 0 aliphatic carbocycles. The lowest BCUT2D eigenvalue weighted by atomic mass is 10.2. The van der Waals surface area contributed by atoms with Gasteiger partial charge in [0.2, 0.25) is 0 Å². The molecule has 0 saturated carbocycles. The summed E-state index contributed by atoms with van der Waals surface area (Å²) >= 11 is 0. The minimum Gasteiger partial charge on any atom is -0.462 e. The summed E-state index contributed by atoms with van der Waals surface area (Å²) in [7, 11) is 0. The van der Waals surface area contributed by atoms with E-state index in [-0.39, 0.29) is 6.10 Å². The third-order valence-corrected chi connectivity index (χ3v) is 5.25. The number of para-hydroxylation sites is 2. The number of hydrogen-bond donors (Lipinski definition) is 1. The van der Waals surface area contributed by atoms with Gasteiger partial charge in [-0.05, 0) is 38.8 Å². The minimum absolute atomic E-state index is 0.172. The summed E-state index contributed by atoms with van der Waals surface area (Å²) in [6.07, 6.45) is 6.38. The van der Waals surface area contributed by atoms with Crippen molar-refractivity contribution >= 4 is 34.0 Å². The number of esters is 1. The molecule has 0 radical (unpaired) electrons. The molecule has 1 aromatic carbocycles. The van der Waals surface area contributed by atoms with E-state index >= 15 is 0 Å². The first-order valence-electron chi connectivity index (χ1n) is 11.4. The number of aryl methyl sites for hydroxylation is 1. The van der Waals surface area contributed by atoms with Crippen molar-refractivity contribution in [2.45, 2.75) is 71.9 Å². The first-order valence-corrected chi connectivity index (χ1v) is 11.4. The van der Waals surface area contributed by atoms with E-state index < -0.39 is 5.97 Å². The van der Waals surface area contributed by atoms with Gasteiger partial charge in [0.05, 0.1) is 23.7 Å². The summed E-state index contributed by atoms with van der Waals surface area (Å²) < 4.78 is 13.1. The maximum atomic E-state index is 12.9. The Balaban J connectivity index is 1.85. The summed E-state index contributed by atoms with van der Waals surface area (Å²) in [4.78, 5) is 22.4. The Kier molecular flexibility index (Phi) is 8.23. The van der Waals surface area contributed by atoms with Crippen LogP contribution in [0.5, 0.6) is 0 Å². The lowest BCUT2D eigenvalue weighted by Gasteiger charge is -2.10. The van der Waals surface area contributed by atoms with E-state index in [0.29, 0.717) is 42.3 Å². The number of aromatic nitrogens is 3. The molecule has 2 aromatic heterocycles. The van der Waals surface area contributed by atoms with Crippen molar-refractivity contribution in [2.24, 2.45) is 0 Å². The Bertz CT molecular complexity index is 1010. The highest BCUT2D eigenvalue weighted by Crippen LogP contribution is 2.29. The molecule has 0 aliphatic heterocycles. The predicted octanol–water partition coefficient (Wildman–Crippen LogP) is 5.11. The fourth-order valence-corrected chi connectivity index (χ4v) is 3.63. The maximum absolute atomic E-state index is 12.9. The molecule has 168 valence electrons. The van der Waals surface area contributed by atoms with Crippen LogP contribution in [-0.2, 0) is 16.0 Å². The molecule has 0 amide bonds. The van der Waals surface area contributed by atoms with Gasteiger partial charge in [0.15, 0.2) is 5.65 Å². The van der Waals surface area contributed by atoms with Crippen LogP contribution < -0.4 is 5.73 Å². The van der Waals surface area contributed by atoms with E-state index in [1.54, 1.807) is 0 Å². The standard InChI is InChI=1S/C24H34N4O3/c1-4-5-6-7-10-15-31-24(29)20-21-23(27-19-13-9-8-12-18(19)26-21)28(22(20)25)14-11-16-30-17(2)3/h8-9,12-13,17H,4-7,10-11,14-16,25H2,1-3H3. The first-order chi connectivity index (χ1) is 15.0. The molecule has 0 aliphatic rings. The molecular weight excluding hydrogens is 392 g/mol. The molecule has 0 fully saturated rings. The Morgan fingerprint density at radius 3 is 2.45 bits per heavy atom. The van der Waals surface area contributed by atoms with Gasteiger partial charge in [0.1, 0.15) is 16.9 Å². The normalized spacial score (nSPS) is 11.6. The Labute approximate surface area is 183 Å². The SMILES string of the molecule is CCCCCCCOC(=O)c1c(N)n(CCCOC(C)C)c2nc3ccccc3nc12. The van der Waals surface area contributed by atoms with Crippen LogP contribution in [0.4, 0.5) is 5.82 Å². The zero-order valence-electron chi connectivity index (χ0n) is 18.9. The van der Waals surface area contributed by atoms with Crippen LogP contribution in [-0.4, -0.2) is 39.8 Å². The number of carbonyl (C=O) groups is 1. The highest BCUT2D eigenvalue weighted by molar-refractivity contribution is 6.08. The van der Waals surface area contributed by atoms with Gasteiger partial charge in [-0.25, -0.2) is 14.8 Å². The van der Waals surface area contributed by atoms with Crippen LogP contribution in [0.3, 0.4) is 0 Å². The van der Waals surface area contributed by atoms with Crippen LogP contribution in [0.15, 0.2) is 24.3 Å². The number of anilines is 1. The third-order valence-electron chi connectivity index (χ3n) is 5.25. The van der Waals surface area contributed by atoms with Gasteiger partial charge < -0.3 is 19.8 Å². The van der Waals surface area contributed by atoms with Crippen LogP contribution in [0, 0.1) is 0 Å². The van der Waals surface area contributed by atoms with Gasteiger partial charge in [-0.2, -0.15) is 0 Å². The Morgan fingerprint density at radius 2 is 1.74 bits per heavy atom. The second-order valence-electron chi connectivity index (χ2n) is 8.12. The number of unbranched alkanes of at least 4 members (excludes halogenated alkanes) is 4. The van der Waals surface area contributed by atoms with Gasteiger partial charge in [-0.3, -0.25) is 0 Å². The number of carbonyl (C=O) groups excluding carboxylic acids is 1. The van der Waals surface area contributed by atoms with Crippen LogP contribution in [0.2, 0.25) is 0 Å². The maximum Gasteiger partial charge on any atom is 0.344 e. The van der Waals surface area contributed by atoms with Crippen molar-refractivity contribution in [3.63, 3.8) is 0 Å². The van der Waals surface area contributed by atoms with Gasteiger partial charge in [0, 0.05) is 13.2 Å². The zero-order chi connectivity index (χ0) is 22.2. The third kappa shape index (κ3) is 5.73. The van der Waals surface area contributed by atoms with Gasteiger partial charge >= 0.3 is 5.97 Å². The number of ether oxygens (including phenoxy) is 2. The molecule has 2 N–H and O–H groups in total. The van der Waals surface area contributed by atoms with Crippen LogP contribution in [0.25, 0.3) is 22.2 Å². The molecule has 3 rings (SSSR count). The molecule has 3 aromatic rings. The number of benzene rings is 1. The van der Waals surface area contributed by atoms with Gasteiger partial charge in [-0.15, -0.1) is 0 Å². The van der Waals surface area contributed by atoms with Crippen molar-refractivity contribution < 1.29 is 14.3 Å².